The molecule has 0 amide bonds. The third-order valence-corrected chi connectivity index (χ3v) is 2.73. The summed E-state index contributed by atoms with van der Waals surface area (Å²) in [5, 5.41) is 8.07. The zero-order valence-electron chi connectivity index (χ0n) is 7.55. The Morgan fingerprint density at radius 3 is 2.00 bits per heavy atom. The molecular formula is C10H20O. The Balaban J connectivity index is 0.000000114. The summed E-state index contributed by atoms with van der Waals surface area (Å²) in [6, 6.07) is 0. The van der Waals surface area contributed by atoms with Crippen molar-refractivity contribution in [1.82, 2.24) is 0 Å². The topological polar surface area (TPSA) is 20.2 Å². The van der Waals surface area contributed by atoms with Gasteiger partial charge in [0.15, 0.2) is 0 Å². The molecule has 2 rings (SSSR count). The number of hydrogen-bond acceptors (Lipinski definition) is 1. The van der Waals surface area contributed by atoms with Gasteiger partial charge in [-0.25, -0.2) is 0 Å². The van der Waals surface area contributed by atoms with Gasteiger partial charge < -0.3 is 5.11 Å². The van der Waals surface area contributed by atoms with Crippen molar-refractivity contribution < 1.29 is 5.11 Å². The Hall–Kier alpha value is -0.0400. The van der Waals surface area contributed by atoms with E-state index in [-0.39, 0.29) is 0 Å². The molecule has 66 valence electrons. The second-order valence-corrected chi connectivity index (χ2v) is 3.76. The van der Waals surface area contributed by atoms with Crippen LogP contribution >= 0.6 is 0 Å². The Morgan fingerprint density at radius 1 is 1.27 bits per heavy atom. The highest BCUT2D eigenvalue weighted by Gasteiger charge is 2.40. The number of hydrogen-bond donors (Lipinski definition) is 1. The molecule has 0 radical (unpaired) electrons. The van der Waals surface area contributed by atoms with Gasteiger partial charge in [0.2, 0.25) is 0 Å². The van der Waals surface area contributed by atoms with Gasteiger partial charge in [-0.2, -0.15) is 0 Å². The average Bonchev–Trinajstić information content (AvgIpc) is 2.62. The smallest absolute Gasteiger partial charge is 0.0430 e. The molecule has 2 saturated carbocycles. The van der Waals surface area contributed by atoms with Crippen LogP contribution in [-0.4, -0.2) is 11.7 Å². The number of rotatable bonds is 2. The van der Waals surface area contributed by atoms with E-state index in [1.165, 1.54) is 18.3 Å². The number of aliphatic hydroxyl groups is 1. The third kappa shape index (κ3) is 3.24. The molecular weight excluding hydrogens is 136 g/mol. The van der Waals surface area contributed by atoms with Gasteiger partial charge in [0, 0.05) is 6.61 Å². The molecule has 0 spiro atoms. The van der Waals surface area contributed by atoms with Crippen LogP contribution in [0.1, 0.15) is 45.4 Å². The first-order chi connectivity index (χ1) is 5.38. The Morgan fingerprint density at radius 2 is 1.91 bits per heavy atom. The van der Waals surface area contributed by atoms with Crippen LogP contribution in [0.15, 0.2) is 0 Å². The third-order valence-electron chi connectivity index (χ3n) is 2.73. The summed E-state index contributed by atoms with van der Waals surface area (Å²) in [6.07, 6.45) is 8.28. The van der Waals surface area contributed by atoms with E-state index in [0.29, 0.717) is 6.61 Å². The van der Waals surface area contributed by atoms with E-state index in [0.717, 1.165) is 12.8 Å². The summed E-state index contributed by atoms with van der Waals surface area (Å²) >= 11 is 0. The molecule has 2 fully saturated rings. The molecule has 0 saturated heterocycles. The molecule has 1 nitrogen and oxygen atoms in total. The minimum absolute atomic E-state index is 0.344. The maximum atomic E-state index is 8.07. The van der Waals surface area contributed by atoms with Gasteiger partial charge in [-0.3, -0.25) is 0 Å². The quantitative estimate of drug-likeness (QED) is 0.651. The van der Waals surface area contributed by atoms with Gasteiger partial charge >= 0.3 is 0 Å². The summed E-state index contributed by atoms with van der Waals surface area (Å²) in [4.78, 5) is 0. The van der Waals surface area contributed by atoms with Crippen molar-refractivity contribution in [2.75, 3.05) is 6.61 Å². The minimum Gasteiger partial charge on any atom is -0.396 e. The zero-order valence-corrected chi connectivity index (χ0v) is 7.55. The van der Waals surface area contributed by atoms with Crippen LogP contribution in [0.4, 0.5) is 0 Å². The van der Waals surface area contributed by atoms with E-state index in [2.05, 4.69) is 6.92 Å². The first kappa shape index (κ1) is 9.05. The number of fused-ring (bicyclic) bond motifs is 1. The fourth-order valence-electron chi connectivity index (χ4n) is 1.82. The fraction of sp³-hybridized carbons (Fsp3) is 1.00. The normalized spacial score (nSPS) is 32.2. The SMILES string of the molecule is C1CC2CC2C1.CCCCO. The summed E-state index contributed by atoms with van der Waals surface area (Å²) < 4.78 is 0. The summed E-state index contributed by atoms with van der Waals surface area (Å²) in [6.45, 7) is 2.40. The second kappa shape index (κ2) is 4.76. The number of aliphatic hydroxyl groups excluding tert-OH is 1. The van der Waals surface area contributed by atoms with E-state index in [4.69, 9.17) is 5.11 Å². The van der Waals surface area contributed by atoms with Crippen LogP contribution in [0.3, 0.4) is 0 Å². The molecule has 0 aromatic carbocycles. The molecule has 0 aromatic heterocycles. The van der Waals surface area contributed by atoms with Gasteiger partial charge in [0.05, 0.1) is 0 Å². The molecule has 0 aromatic rings. The average molecular weight is 156 g/mol. The lowest BCUT2D eigenvalue weighted by Gasteiger charge is -1.80. The first-order valence-corrected chi connectivity index (χ1v) is 4.99. The molecule has 2 aliphatic rings. The molecule has 2 aliphatic carbocycles. The first-order valence-electron chi connectivity index (χ1n) is 4.99. The highest BCUT2D eigenvalue weighted by atomic mass is 16.2. The van der Waals surface area contributed by atoms with Gasteiger partial charge in [-0.15, -0.1) is 0 Å². The van der Waals surface area contributed by atoms with E-state index in [9.17, 15) is 0 Å². The van der Waals surface area contributed by atoms with Gasteiger partial charge in [-0.1, -0.05) is 32.6 Å². The highest BCUT2D eigenvalue weighted by molar-refractivity contribution is 4.91. The molecule has 2 unspecified atom stereocenters. The Bertz CT molecular complexity index is 91.0. The van der Waals surface area contributed by atoms with Crippen molar-refractivity contribution in [2.45, 2.75) is 45.4 Å². The Labute approximate surface area is 69.8 Å². The lowest BCUT2D eigenvalue weighted by atomic mass is 10.3. The number of unbranched alkanes of at least 4 members (excludes halogenated alkanes) is 1. The molecule has 1 heteroatoms. The van der Waals surface area contributed by atoms with E-state index in [1.54, 1.807) is 19.3 Å². The predicted octanol–water partition coefficient (Wildman–Crippen LogP) is 2.59. The van der Waals surface area contributed by atoms with E-state index in [1.807, 2.05) is 0 Å². The second-order valence-electron chi connectivity index (χ2n) is 3.76. The van der Waals surface area contributed by atoms with Crippen molar-refractivity contribution in [3.05, 3.63) is 0 Å². The summed E-state index contributed by atoms with van der Waals surface area (Å²) in [7, 11) is 0. The zero-order chi connectivity index (χ0) is 8.10. The van der Waals surface area contributed by atoms with Crippen molar-refractivity contribution in [3.8, 4) is 0 Å². The van der Waals surface area contributed by atoms with Crippen LogP contribution < -0.4 is 0 Å². The summed E-state index contributed by atoms with van der Waals surface area (Å²) in [5.74, 6) is 2.43. The van der Waals surface area contributed by atoms with Gasteiger partial charge in [0.25, 0.3) is 0 Å². The molecule has 11 heavy (non-hydrogen) atoms. The van der Waals surface area contributed by atoms with Crippen LogP contribution in [0.5, 0.6) is 0 Å². The highest BCUT2D eigenvalue weighted by Crippen LogP contribution is 2.51. The predicted molar refractivity (Wildman–Crippen MR) is 47.4 cm³/mol. The van der Waals surface area contributed by atoms with Crippen molar-refractivity contribution >= 4 is 0 Å². The molecule has 1 N–H and O–H groups in total. The van der Waals surface area contributed by atoms with E-state index >= 15 is 0 Å². The van der Waals surface area contributed by atoms with Gasteiger partial charge in [-0.05, 0) is 24.7 Å². The maximum absolute atomic E-state index is 8.07. The van der Waals surface area contributed by atoms with Crippen molar-refractivity contribution in [3.63, 3.8) is 0 Å². The molecule has 0 heterocycles. The lowest BCUT2D eigenvalue weighted by Crippen LogP contribution is -1.75. The lowest BCUT2D eigenvalue weighted by molar-refractivity contribution is 0.287. The largest absolute Gasteiger partial charge is 0.396 e. The van der Waals surface area contributed by atoms with E-state index < -0.39 is 0 Å². The molecule has 2 atom stereocenters. The van der Waals surface area contributed by atoms with Crippen LogP contribution in [0, 0.1) is 11.8 Å². The van der Waals surface area contributed by atoms with Crippen molar-refractivity contribution in [1.29, 1.82) is 0 Å². The standard InChI is InChI=1S/C6H10.C4H10O/c1-2-5-4-6(5)3-1;1-2-3-4-5/h5-6H,1-4H2;5H,2-4H2,1H3. The Kier molecular flexibility index (Phi) is 3.92. The molecule has 0 bridgehead atoms. The fourth-order valence-corrected chi connectivity index (χ4v) is 1.82. The van der Waals surface area contributed by atoms with Crippen LogP contribution in [0.2, 0.25) is 0 Å². The van der Waals surface area contributed by atoms with Crippen LogP contribution in [0.25, 0.3) is 0 Å². The monoisotopic (exact) mass is 156 g/mol. The van der Waals surface area contributed by atoms with Crippen LogP contribution in [-0.2, 0) is 0 Å². The van der Waals surface area contributed by atoms with Gasteiger partial charge in [0.1, 0.15) is 0 Å². The summed E-state index contributed by atoms with van der Waals surface area (Å²) in [5.41, 5.74) is 0. The minimum atomic E-state index is 0.344. The van der Waals surface area contributed by atoms with Crippen molar-refractivity contribution in [2.24, 2.45) is 11.8 Å². The maximum Gasteiger partial charge on any atom is 0.0430 e. The molecule has 0 aliphatic heterocycles.